The largest absolute Gasteiger partial charge is 0.332 e. The summed E-state index contributed by atoms with van der Waals surface area (Å²) in [5, 5.41) is 8.57. The zero-order chi connectivity index (χ0) is 11.7. The Labute approximate surface area is 98.2 Å². The van der Waals surface area contributed by atoms with Crippen molar-refractivity contribution in [1.82, 2.24) is 9.97 Å². The summed E-state index contributed by atoms with van der Waals surface area (Å²) in [6.45, 7) is 0. The number of nitriles is 1. The Hall–Kier alpha value is -1.48. The number of aromatic amines is 1. The Balaban J connectivity index is 2.66. The van der Waals surface area contributed by atoms with Crippen LogP contribution in [0.2, 0.25) is 0 Å². The lowest BCUT2D eigenvalue weighted by molar-refractivity contribution is 0.150. The number of nitrogens with zero attached hydrogens (tertiary/aromatic N) is 2. The number of nitrogens with one attached hydrogen (secondary N) is 1. The fraction of sp³-hybridized carbons (Fsp3) is 0.200. The molecule has 0 saturated carbocycles. The third kappa shape index (κ3) is 1.91. The molecule has 0 radical (unpaired) electrons. The van der Waals surface area contributed by atoms with E-state index in [1.807, 2.05) is 6.07 Å². The van der Waals surface area contributed by atoms with Crippen LogP contribution in [0.3, 0.4) is 0 Å². The van der Waals surface area contributed by atoms with E-state index >= 15 is 0 Å². The maximum absolute atomic E-state index is 12.7. The van der Waals surface area contributed by atoms with Crippen molar-refractivity contribution in [3.63, 3.8) is 0 Å². The van der Waals surface area contributed by atoms with Gasteiger partial charge in [-0.3, -0.25) is 0 Å². The number of alkyl halides is 2. The number of aromatic nitrogens is 2. The highest BCUT2D eigenvalue weighted by Crippen LogP contribution is 2.28. The first-order chi connectivity index (χ1) is 7.61. The normalized spacial score (nSPS) is 10.9. The van der Waals surface area contributed by atoms with Crippen molar-refractivity contribution in [2.45, 2.75) is 12.8 Å². The summed E-state index contributed by atoms with van der Waals surface area (Å²) in [4.78, 5) is 6.88. The highest BCUT2D eigenvalue weighted by Gasteiger charge is 2.15. The van der Waals surface area contributed by atoms with E-state index in [1.54, 1.807) is 0 Å². The number of halogens is 3. The van der Waals surface area contributed by atoms with Gasteiger partial charge in [0, 0.05) is 5.56 Å². The lowest BCUT2D eigenvalue weighted by Crippen LogP contribution is -1.94. The predicted molar refractivity (Wildman–Crippen MR) is 58.1 cm³/mol. The number of hydrogen-bond acceptors (Lipinski definition) is 2. The Morgan fingerprint density at radius 1 is 1.50 bits per heavy atom. The number of fused-ring (bicyclic) bond motifs is 1. The van der Waals surface area contributed by atoms with Gasteiger partial charge in [0.15, 0.2) is 4.73 Å². The van der Waals surface area contributed by atoms with Crippen molar-refractivity contribution in [3.8, 4) is 6.07 Å². The van der Waals surface area contributed by atoms with E-state index in [0.717, 1.165) is 0 Å². The minimum Gasteiger partial charge on any atom is -0.332 e. The molecular formula is C10H6BrF2N3. The average Bonchev–Trinajstić information content (AvgIpc) is 2.56. The number of benzene rings is 1. The summed E-state index contributed by atoms with van der Waals surface area (Å²) in [7, 11) is 0. The Morgan fingerprint density at radius 3 is 2.88 bits per heavy atom. The summed E-state index contributed by atoms with van der Waals surface area (Å²) in [6.07, 6.45) is -2.63. The van der Waals surface area contributed by atoms with Gasteiger partial charge in [-0.1, -0.05) is 0 Å². The van der Waals surface area contributed by atoms with Gasteiger partial charge in [0.05, 0.1) is 23.5 Å². The SMILES string of the molecule is N#CCc1cc2[nH]c(Br)nc2cc1C(F)F. The fourth-order valence-electron chi connectivity index (χ4n) is 1.53. The van der Waals surface area contributed by atoms with Crippen molar-refractivity contribution < 1.29 is 8.78 Å². The monoisotopic (exact) mass is 285 g/mol. The zero-order valence-electron chi connectivity index (χ0n) is 7.97. The molecule has 6 heteroatoms. The van der Waals surface area contributed by atoms with Crippen LogP contribution in [-0.2, 0) is 6.42 Å². The molecule has 1 N–H and O–H groups in total. The predicted octanol–water partition coefficient (Wildman–Crippen LogP) is 3.33. The van der Waals surface area contributed by atoms with Gasteiger partial charge in [0.2, 0.25) is 0 Å². The molecule has 0 aliphatic heterocycles. The van der Waals surface area contributed by atoms with Crippen LogP contribution in [0.4, 0.5) is 8.78 Å². The summed E-state index contributed by atoms with van der Waals surface area (Å²) < 4.78 is 25.9. The lowest BCUT2D eigenvalue weighted by Gasteiger charge is -2.05. The minimum atomic E-state index is -2.59. The van der Waals surface area contributed by atoms with E-state index in [0.29, 0.717) is 21.3 Å². The van der Waals surface area contributed by atoms with Gasteiger partial charge in [0.1, 0.15) is 0 Å². The van der Waals surface area contributed by atoms with Crippen LogP contribution in [0.5, 0.6) is 0 Å². The molecule has 0 amide bonds. The molecule has 1 heterocycles. The second-order valence-electron chi connectivity index (χ2n) is 3.23. The molecule has 0 unspecified atom stereocenters. The van der Waals surface area contributed by atoms with Gasteiger partial charge in [-0.25, -0.2) is 13.8 Å². The number of rotatable bonds is 2. The Bertz CT molecular complexity index is 571. The van der Waals surface area contributed by atoms with E-state index in [1.165, 1.54) is 12.1 Å². The van der Waals surface area contributed by atoms with Gasteiger partial charge in [-0.15, -0.1) is 0 Å². The molecule has 16 heavy (non-hydrogen) atoms. The quantitative estimate of drug-likeness (QED) is 0.920. The molecule has 0 aliphatic rings. The van der Waals surface area contributed by atoms with Crippen molar-refractivity contribution in [2.24, 2.45) is 0 Å². The second-order valence-corrected chi connectivity index (χ2v) is 3.98. The molecule has 1 aromatic heterocycles. The van der Waals surface area contributed by atoms with Crippen LogP contribution in [0.1, 0.15) is 17.6 Å². The van der Waals surface area contributed by atoms with Gasteiger partial charge >= 0.3 is 0 Å². The van der Waals surface area contributed by atoms with Gasteiger partial charge in [-0.2, -0.15) is 5.26 Å². The van der Waals surface area contributed by atoms with Crippen molar-refractivity contribution in [2.75, 3.05) is 0 Å². The van der Waals surface area contributed by atoms with Crippen molar-refractivity contribution >= 4 is 27.0 Å². The summed E-state index contributed by atoms with van der Waals surface area (Å²) >= 11 is 3.13. The van der Waals surface area contributed by atoms with Crippen LogP contribution < -0.4 is 0 Å². The highest BCUT2D eigenvalue weighted by atomic mass is 79.9. The number of hydrogen-bond donors (Lipinski definition) is 1. The number of H-pyrrole nitrogens is 1. The van der Waals surface area contributed by atoms with Crippen molar-refractivity contribution in [1.29, 1.82) is 5.26 Å². The first kappa shape index (κ1) is 11.0. The zero-order valence-corrected chi connectivity index (χ0v) is 9.55. The summed E-state index contributed by atoms with van der Waals surface area (Å²) in [6, 6.07) is 4.72. The maximum atomic E-state index is 12.7. The molecule has 0 spiro atoms. The van der Waals surface area contributed by atoms with E-state index in [4.69, 9.17) is 5.26 Å². The van der Waals surface area contributed by atoms with Crippen LogP contribution >= 0.6 is 15.9 Å². The van der Waals surface area contributed by atoms with Crippen LogP contribution in [0.15, 0.2) is 16.9 Å². The van der Waals surface area contributed by atoms with Gasteiger partial charge in [0.25, 0.3) is 6.43 Å². The van der Waals surface area contributed by atoms with Crippen LogP contribution in [0, 0.1) is 11.3 Å². The third-order valence-electron chi connectivity index (χ3n) is 2.22. The maximum Gasteiger partial charge on any atom is 0.264 e. The van der Waals surface area contributed by atoms with Gasteiger partial charge in [-0.05, 0) is 33.6 Å². The van der Waals surface area contributed by atoms with E-state index in [9.17, 15) is 8.78 Å². The molecule has 3 nitrogen and oxygen atoms in total. The van der Waals surface area contributed by atoms with Crippen LogP contribution in [-0.4, -0.2) is 9.97 Å². The fourth-order valence-corrected chi connectivity index (χ4v) is 1.93. The van der Waals surface area contributed by atoms with E-state index < -0.39 is 6.43 Å². The molecule has 0 fully saturated rings. The molecule has 2 aromatic rings. The highest BCUT2D eigenvalue weighted by molar-refractivity contribution is 9.10. The minimum absolute atomic E-state index is 0.0355. The Morgan fingerprint density at radius 2 is 2.25 bits per heavy atom. The standard InChI is InChI=1S/C10H6BrF2N3/c11-10-15-7-3-5(1-2-14)6(9(12)13)4-8(7)16-10/h3-4,9H,1H2,(H,15,16). The second kappa shape index (κ2) is 4.18. The smallest absolute Gasteiger partial charge is 0.264 e. The molecule has 0 bridgehead atoms. The Kier molecular flexibility index (Phi) is 2.88. The number of imidazole rings is 1. The molecule has 82 valence electrons. The van der Waals surface area contributed by atoms with Crippen LogP contribution in [0.25, 0.3) is 11.0 Å². The first-order valence-electron chi connectivity index (χ1n) is 4.45. The lowest BCUT2D eigenvalue weighted by atomic mass is 10.0. The van der Waals surface area contributed by atoms with Crippen molar-refractivity contribution in [3.05, 3.63) is 28.0 Å². The molecule has 0 atom stereocenters. The van der Waals surface area contributed by atoms with Gasteiger partial charge < -0.3 is 4.98 Å². The van der Waals surface area contributed by atoms with E-state index in [2.05, 4.69) is 25.9 Å². The molecule has 1 aromatic carbocycles. The molecule has 2 rings (SSSR count). The summed E-state index contributed by atoms with van der Waals surface area (Å²) in [5.41, 5.74) is 1.31. The molecular weight excluding hydrogens is 280 g/mol. The molecule has 0 saturated heterocycles. The summed E-state index contributed by atoms with van der Waals surface area (Å²) in [5.74, 6) is 0. The molecule has 0 aliphatic carbocycles. The average molecular weight is 286 g/mol. The third-order valence-corrected chi connectivity index (χ3v) is 2.59. The first-order valence-corrected chi connectivity index (χ1v) is 5.24. The topological polar surface area (TPSA) is 52.5 Å². The van der Waals surface area contributed by atoms with E-state index in [-0.39, 0.29) is 12.0 Å².